The van der Waals surface area contributed by atoms with Crippen LogP contribution in [0.5, 0.6) is 0 Å². The van der Waals surface area contributed by atoms with E-state index in [4.69, 9.17) is 4.74 Å². The summed E-state index contributed by atoms with van der Waals surface area (Å²) in [5, 5.41) is 5.72. The largest absolute Gasteiger partial charge is 0.378 e. The molecule has 2 N–H and O–H groups in total. The van der Waals surface area contributed by atoms with Gasteiger partial charge in [0.2, 0.25) is 5.91 Å². The Morgan fingerprint density at radius 3 is 2.76 bits per heavy atom. The van der Waals surface area contributed by atoms with Gasteiger partial charge in [0.1, 0.15) is 6.04 Å². The maximum atomic E-state index is 12.6. The van der Waals surface area contributed by atoms with Gasteiger partial charge in [0, 0.05) is 12.2 Å². The van der Waals surface area contributed by atoms with E-state index < -0.39 is 9.84 Å². The summed E-state index contributed by atoms with van der Waals surface area (Å²) < 4.78 is 30.5. The summed E-state index contributed by atoms with van der Waals surface area (Å²) in [6.07, 6.45) is 4.66. The van der Waals surface area contributed by atoms with Crippen molar-refractivity contribution < 1.29 is 17.9 Å². The van der Waals surface area contributed by atoms with Gasteiger partial charge in [0.15, 0.2) is 9.84 Å². The maximum absolute atomic E-state index is 12.6. The third kappa shape index (κ3) is 5.03. The van der Waals surface area contributed by atoms with Gasteiger partial charge in [-0.25, -0.2) is 8.42 Å². The Bertz CT molecular complexity index is 693. The molecule has 1 aromatic rings. The van der Waals surface area contributed by atoms with E-state index in [1.807, 2.05) is 0 Å². The first-order valence-corrected chi connectivity index (χ1v) is 10.7. The van der Waals surface area contributed by atoms with E-state index in [1.54, 1.807) is 24.3 Å². The van der Waals surface area contributed by atoms with Crippen LogP contribution >= 0.6 is 0 Å². The zero-order valence-electron chi connectivity index (χ0n) is 14.4. The van der Waals surface area contributed by atoms with Crippen LogP contribution in [0.15, 0.2) is 24.3 Å². The zero-order valence-corrected chi connectivity index (χ0v) is 15.2. The molecular formula is C18H26N2O4S. The lowest BCUT2D eigenvalue weighted by Gasteiger charge is -2.23. The van der Waals surface area contributed by atoms with Crippen LogP contribution < -0.4 is 10.6 Å². The molecule has 1 heterocycles. The smallest absolute Gasteiger partial charge is 0.243 e. The van der Waals surface area contributed by atoms with Gasteiger partial charge in [-0.2, -0.15) is 0 Å². The van der Waals surface area contributed by atoms with Crippen LogP contribution in [-0.2, 0) is 25.1 Å². The van der Waals surface area contributed by atoms with Gasteiger partial charge in [0.05, 0.1) is 24.2 Å². The van der Waals surface area contributed by atoms with Crippen molar-refractivity contribution in [3.63, 3.8) is 0 Å². The number of amides is 1. The van der Waals surface area contributed by atoms with Gasteiger partial charge in [-0.15, -0.1) is 0 Å². The molecule has 1 aromatic carbocycles. The van der Waals surface area contributed by atoms with Gasteiger partial charge in [-0.05, 0) is 30.5 Å². The molecule has 25 heavy (non-hydrogen) atoms. The molecule has 1 saturated heterocycles. The second kappa shape index (κ2) is 8.29. The summed E-state index contributed by atoms with van der Waals surface area (Å²) in [5.41, 5.74) is 1.34. The van der Waals surface area contributed by atoms with Crippen molar-refractivity contribution in [3.05, 3.63) is 29.8 Å². The molecule has 3 rings (SSSR count). The van der Waals surface area contributed by atoms with E-state index in [1.165, 1.54) is 0 Å². The van der Waals surface area contributed by atoms with Crippen LogP contribution in [0.25, 0.3) is 0 Å². The molecule has 0 bridgehead atoms. The lowest BCUT2D eigenvalue weighted by molar-refractivity contribution is -0.120. The first-order chi connectivity index (χ1) is 12.0. The second-order valence-corrected chi connectivity index (χ2v) is 9.12. The van der Waals surface area contributed by atoms with E-state index >= 15 is 0 Å². The molecule has 0 spiro atoms. The maximum Gasteiger partial charge on any atom is 0.243 e. The van der Waals surface area contributed by atoms with Crippen molar-refractivity contribution in [1.29, 1.82) is 0 Å². The third-order valence-electron chi connectivity index (χ3n) is 4.86. The number of rotatable bonds is 5. The highest BCUT2D eigenvalue weighted by atomic mass is 32.2. The number of carbonyl (C=O) groups excluding carboxylic acids is 1. The Hall–Kier alpha value is -1.44. The summed E-state index contributed by atoms with van der Waals surface area (Å²) in [7, 11) is -3.15. The highest BCUT2D eigenvalue weighted by molar-refractivity contribution is 7.91. The van der Waals surface area contributed by atoms with E-state index in [0.29, 0.717) is 25.4 Å². The van der Waals surface area contributed by atoms with E-state index in [2.05, 4.69) is 10.6 Å². The molecule has 2 aliphatic rings. The van der Waals surface area contributed by atoms with Crippen molar-refractivity contribution >= 4 is 21.4 Å². The van der Waals surface area contributed by atoms with E-state index in [-0.39, 0.29) is 23.0 Å². The Morgan fingerprint density at radius 1 is 1.24 bits per heavy atom. The molecule has 2 fully saturated rings. The SMILES string of the molecule is O=C(Nc1cccc(CS(=O)(=O)C2CCCCC2)c1)C1COCCN1. The summed E-state index contributed by atoms with van der Waals surface area (Å²) >= 11 is 0. The number of hydrogen-bond acceptors (Lipinski definition) is 5. The lowest BCUT2D eigenvalue weighted by atomic mass is 10.0. The standard InChI is InChI=1S/C18H26N2O4S/c21-18(17-12-24-10-9-19-17)20-15-6-4-5-14(11-15)13-25(22,23)16-7-2-1-3-8-16/h4-6,11,16-17,19H,1-3,7-10,12-13H2,(H,20,21). The van der Waals surface area contributed by atoms with Gasteiger partial charge in [-0.3, -0.25) is 4.79 Å². The number of nitrogens with one attached hydrogen (secondary N) is 2. The number of anilines is 1. The average Bonchev–Trinajstić information content (AvgIpc) is 2.63. The molecule has 7 heteroatoms. The molecule has 0 aromatic heterocycles. The van der Waals surface area contributed by atoms with E-state index in [9.17, 15) is 13.2 Å². The number of ether oxygens (including phenoxy) is 1. The minimum atomic E-state index is -3.15. The van der Waals surface area contributed by atoms with Crippen molar-refractivity contribution in [1.82, 2.24) is 5.32 Å². The van der Waals surface area contributed by atoms with Crippen LogP contribution in [0, 0.1) is 0 Å². The lowest BCUT2D eigenvalue weighted by Crippen LogP contribution is -2.48. The zero-order chi connectivity index (χ0) is 17.7. The number of benzene rings is 1. The molecule has 1 atom stereocenters. The normalized spacial score (nSPS) is 22.5. The fourth-order valence-corrected chi connectivity index (χ4v) is 5.41. The topological polar surface area (TPSA) is 84.5 Å². The molecule has 1 unspecified atom stereocenters. The predicted molar refractivity (Wildman–Crippen MR) is 97.2 cm³/mol. The fourth-order valence-electron chi connectivity index (χ4n) is 3.48. The highest BCUT2D eigenvalue weighted by Gasteiger charge is 2.27. The average molecular weight is 366 g/mol. The van der Waals surface area contributed by atoms with Gasteiger partial charge >= 0.3 is 0 Å². The van der Waals surface area contributed by atoms with Crippen LogP contribution in [-0.4, -0.2) is 45.4 Å². The first kappa shape index (κ1) is 18.4. The molecular weight excluding hydrogens is 340 g/mol. The monoisotopic (exact) mass is 366 g/mol. The minimum absolute atomic E-state index is 0.0339. The molecule has 1 saturated carbocycles. The quantitative estimate of drug-likeness (QED) is 0.831. The van der Waals surface area contributed by atoms with Gasteiger partial charge in [-0.1, -0.05) is 31.4 Å². The molecule has 1 amide bonds. The predicted octanol–water partition coefficient (Wildman–Crippen LogP) is 1.86. The van der Waals surface area contributed by atoms with Crippen molar-refractivity contribution in [2.75, 3.05) is 25.1 Å². The summed E-state index contributed by atoms with van der Waals surface area (Å²) in [5.74, 6) is -0.126. The minimum Gasteiger partial charge on any atom is -0.378 e. The van der Waals surface area contributed by atoms with Crippen LogP contribution in [0.1, 0.15) is 37.7 Å². The molecule has 1 aliphatic heterocycles. The van der Waals surface area contributed by atoms with Crippen molar-refractivity contribution in [2.24, 2.45) is 0 Å². The van der Waals surface area contributed by atoms with Gasteiger partial charge in [0.25, 0.3) is 0 Å². The number of carbonyl (C=O) groups is 1. The number of morpholine rings is 1. The highest BCUT2D eigenvalue weighted by Crippen LogP contribution is 2.26. The van der Waals surface area contributed by atoms with E-state index in [0.717, 1.165) is 37.7 Å². The Morgan fingerprint density at radius 2 is 2.04 bits per heavy atom. The Kier molecular flexibility index (Phi) is 6.09. The molecule has 6 nitrogen and oxygen atoms in total. The first-order valence-electron chi connectivity index (χ1n) is 8.97. The van der Waals surface area contributed by atoms with Gasteiger partial charge < -0.3 is 15.4 Å². The van der Waals surface area contributed by atoms with Crippen LogP contribution in [0.4, 0.5) is 5.69 Å². The van der Waals surface area contributed by atoms with Crippen molar-refractivity contribution in [2.45, 2.75) is 49.1 Å². The summed E-state index contributed by atoms with van der Waals surface area (Å²) in [6.45, 7) is 1.61. The third-order valence-corrected chi connectivity index (χ3v) is 7.08. The Balaban J connectivity index is 1.63. The summed E-state index contributed by atoms with van der Waals surface area (Å²) in [6, 6.07) is 6.74. The van der Waals surface area contributed by atoms with Crippen molar-refractivity contribution in [3.8, 4) is 0 Å². The molecule has 0 radical (unpaired) electrons. The molecule has 1 aliphatic carbocycles. The Labute approximate surface area is 149 Å². The van der Waals surface area contributed by atoms with Crippen LogP contribution in [0.3, 0.4) is 0 Å². The molecule has 138 valence electrons. The number of sulfone groups is 1. The van der Waals surface area contributed by atoms with Crippen LogP contribution in [0.2, 0.25) is 0 Å². The number of hydrogen-bond donors (Lipinski definition) is 2. The fraction of sp³-hybridized carbons (Fsp3) is 0.611. The summed E-state index contributed by atoms with van der Waals surface area (Å²) in [4.78, 5) is 12.2. The second-order valence-electron chi connectivity index (χ2n) is 6.84.